The van der Waals surface area contributed by atoms with Crippen LogP contribution in [0.5, 0.6) is 5.75 Å². The van der Waals surface area contributed by atoms with Crippen LogP contribution in [0.25, 0.3) is 0 Å². The van der Waals surface area contributed by atoms with Crippen molar-refractivity contribution in [3.8, 4) is 5.75 Å². The maximum absolute atomic E-state index is 12.4. The first-order chi connectivity index (χ1) is 8.45. The molecule has 2 nitrogen and oxygen atoms in total. The Kier molecular flexibility index (Phi) is 3.32. The van der Waals surface area contributed by atoms with E-state index in [2.05, 4.69) is 0 Å². The topological polar surface area (TPSA) is 26.3 Å². The number of hydrogen-bond donors (Lipinski definition) is 0. The van der Waals surface area contributed by atoms with Crippen LogP contribution in [-0.4, -0.2) is 11.9 Å². The third-order valence-electron chi connectivity index (χ3n) is 3.17. The average Bonchev–Trinajstić information content (AvgIpc) is 2.78. The molecule has 98 valence electrons. The summed E-state index contributed by atoms with van der Waals surface area (Å²) < 4.78 is 42.7. The van der Waals surface area contributed by atoms with E-state index in [9.17, 15) is 18.0 Å². The second-order valence-corrected chi connectivity index (χ2v) is 4.51. The van der Waals surface area contributed by atoms with Gasteiger partial charge in [-0.2, -0.15) is 13.2 Å². The zero-order valence-corrected chi connectivity index (χ0v) is 9.67. The van der Waals surface area contributed by atoms with Gasteiger partial charge in [-0.15, -0.1) is 0 Å². The molecule has 0 aromatic heterocycles. The van der Waals surface area contributed by atoms with Gasteiger partial charge in [0.25, 0.3) is 0 Å². The quantitative estimate of drug-likeness (QED) is 0.774. The molecule has 0 spiro atoms. The molecule has 0 aliphatic heterocycles. The SMILES string of the molecule is O=CC1(Oc2ccc(C(F)(F)F)cc2)CCCC1. The Morgan fingerprint density at radius 3 is 2.11 bits per heavy atom. The van der Waals surface area contributed by atoms with Gasteiger partial charge in [0, 0.05) is 0 Å². The van der Waals surface area contributed by atoms with Gasteiger partial charge in [-0.05, 0) is 49.9 Å². The number of rotatable bonds is 3. The standard InChI is InChI=1S/C13H13F3O2/c14-13(15,16)10-3-5-11(6-4-10)18-12(9-17)7-1-2-8-12/h3-6,9H,1-2,7-8H2. The molecule has 1 saturated carbocycles. The van der Waals surface area contributed by atoms with E-state index in [1.807, 2.05) is 0 Å². The van der Waals surface area contributed by atoms with Gasteiger partial charge >= 0.3 is 6.18 Å². The summed E-state index contributed by atoms with van der Waals surface area (Å²) >= 11 is 0. The number of alkyl halides is 3. The van der Waals surface area contributed by atoms with Gasteiger partial charge in [0.2, 0.25) is 0 Å². The van der Waals surface area contributed by atoms with Crippen LogP contribution >= 0.6 is 0 Å². The zero-order chi connectivity index (χ0) is 13.2. The minimum Gasteiger partial charge on any atom is -0.480 e. The lowest BCUT2D eigenvalue weighted by molar-refractivity contribution is -0.137. The number of benzene rings is 1. The molecule has 0 heterocycles. The zero-order valence-electron chi connectivity index (χ0n) is 9.67. The number of halogens is 3. The van der Waals surface area contributed by atoms with Crippen LogP contribution in [0.15, 0.2) is 24.3 Å². The van der Waals surface area contributed by atoms with E-state index in [0.29, 0.717) is 18.6 Å². The van der Waals surface area contributed by atoms with E-state index >= 15 is 0 Å². The second-order valence-electron chi connectivity index (χ2n) is 4.51. The van der Waals surface area contributed by atoms with Gasteiger partial charge in [0.15, 0.2) is 11.9 Å². The Labute approximate surface area is 103 Å². The van der Waals surface area contributed by atoms with Crippen molar-refractivity contribution in [3.63, 3.8) is 0 Å². The van der Waals surface area contributed by atoms with Gasteiger partial charge in [0.05, 0.1) is 5.56 Å². The van der Waals surface area contributed by atoms with Gasteiger partial charge in [0.1, 0.15) is 5.75 Å². The normalized spacial score (nSPS) is 18.6. The molecule has 0 N–H and O–H groups in total. The van der Waals surface area contributed by atoms with Crippen molar-refractivity contribution >= 4 is 6.29 Å². The first-order valence-corrected chi connectivity index (χ1v) is 5.78. The molecule has 1 fully saturated rings. The second kappa shape index (κ2) is 4.63. The van der Waals surface area contributed by atoms with E-state index < -0.39 is 17.3 Å². The van der Waals surface area contributed by atoms with Crippen LogP contribution in [0.4, 0.5) is 13.2 Å². The lowest BCUT2D eigenvalue weighted by Crippen LogP contribution is -2.34. The van der Waals surface area contributed by atoms with E-state index in [4.69, 9.17) is 4.74 Å². The smallest absolute Gasteiger partial charge is 0.416 e. The molecular weight excluding hydrogens is 245 g/mol. The van der Waals surface area contributed by atoms with Gasteiger partial charge in [-0.3, -0.25) is 4.79 Å². The minimum absolute atomic E-state index is 0.303. The first-order valence-electron chi connectivity index (χ1n) is 5.78. The number of carbonyl (C=O) groups excluding carboxylic acids is 1. The Morgan fingerprint density at radius 1 is 1.11 bits per heavy atom. The fourth-order valence-corrected chi connectivity index (χ4v) is 2.16. The van der Waals surface area contributed by atoms with Crippen LogP contribution in [0, 0.1) is 0 Å². The predicted molar refractivity (Wildman–Crippen MR) is 59.3 cm³/mol. The Morgan fingerprint density at radius 2 is 1.67 bits per heavy atom. The highest BCUT2D eigenvalue weighted by molar-refractivity contribution is 5.64. The fourth-order valence-electron chi connectivity index (χ4n) is 2.16. The predicted octanol–water partition coefficient (Wildman–Crippen LogP) is 3.60. The number of hydrogen-bond acceptors (Lipinski definition) is 2. The maximum atomic E-state index is 12.4. The minimum atomic E-state index is -4.35. The summed E-state index contributed by atoms with van der Waals surface area (Å²) in [4.78, 5) is 11.1. The molecule has 18 heavy (non-hydrogen) atoms. The molecular formula is C13H13F3O2. The third kappa shape index (κ3) is 2.66. The van der Waals surface area contributed by atoms with Crippen LogP contribution < -0.4 is 4.74 Å². The summed E-state index contributed by atoms with van der Waals surface area (Å²) in [6.07, 6.45) is -0.542. The van der Waals surface area contributed by atoms with E-state index in [0.717, 1.165) is 31.3 Å². The van der Waals surface area contributed by atoms with Crippen LogP contribution in [0.3, 0.4) is 0 Å². The molecule has 1 aromatic rings. The van der Waals surface area contributed by atoms with Crippen molar-refractivity contribution < 1.29 is 22.7 Å². The fraction of sp³-hybridized carbons (Fsp3) is 0.462. The first kappa shape index (κ1) is 12.9. The molecule has 0 amide bonds. The lowest BCUT2D eigenvalue weighted by Gasteiger charge is -2.24. The molecule has 0 unspecified atom stereocenters. The van der Waals surface area contributed by atoms with Crippen molar-refractivity contribution in [1.29, 1.82) is 0 Å². The van der Waals surface area contributed by atoms with Crippen molar-refractivity contribution in [3.05, 3.63) is 29.8 Å². The summed E-state index contributed by atoms with van der Waals surface area (Å²) in [6, 6.07) is 4.43. The van der Waals surface area contributed by atoms with Crippen molar-refractivity contribution in [1.82, 2.24) is 0 Å². The van der Waals surface area contributed by atoms with E-state index in [-0.39, 0.29) is 0 Å². The maximum Gasteiger partial charge on any atom is 0.416 e. The molecule has 1 aliphatic carbocycles. The highest BCUT2D eigenvalue weighted by atomic mass is 19.4. The molecule has 0 saturated heterocycles. The number of carbonyl (C=O) groups is 1. The Bertz CT molecular complexity index is 417. The summed E-state index contributed by atoms with van der Waals surface area (Å²) in [6.45, 7) is 0. The highest BCUT2D eigenvalue weighted by Gasteiger charge is 2.36. The monoisotopic (exact) mass is 258 g/mol. The molecule has 1 aliphatic rings. The van der Waals surface area contributed by atoms with Crippen molar-refractivity contribution in [2.24, 2.45) is 0 Å². The van der Waals surface area contributed by atoms with Gasteiger partial charge in [-0.25, -0.2) is 0 Å². The van der Waals surface area contributed by atoms with Crippen molar-refractivity contribution in [2.45, 2.75) is 37.5 Å². The van der Waals surface area contributed by atoms with Gasteiger partial charge in [-0.1, -0.05) is 0 Å². The number of ether oxygens (including phenoxy) is 1. The largest absolute Gasteiger partial charge is 0.480 e. The summed E-state index contributed by atoms with van der Waals surface area (Å²) in [5, 5.41) is 0. The van der Waals surface area contributed by atoms with E-state index in [1.165, 1.54) is 12.1 Å². The van der Waals surface area contributed by atoms with E-state index in [1.54, 1.807) is 0 Å². The highest BCUT2D eigenvalue weighted by Crippen LogP contribution is 2.34. The molecule has 0 atom stereocenters. The summed E-state index contributed by atoms with van der Waals surface area (Å²) in [5.74, 6) is 0.303. The molecule has 1 aromatic carbocycles. The summed E-state index contributed by atoms with van der Waals surface area (Å²) in [5.41, 5.74) is -1.57. The third-order valence-corrected chi connectivity index (χ3v) is 3.17. The Hall–Kier alpha value is -1.52. The van der Waals surface area contributed by atoms with Crippen LogP contribution in [-0.2, 0) is 11.0 Å². The molecule has 2 rings (SSSR count). The molecule has 5 heteroatoms. The Balaban J connectivity index is 2.13. The molecule has 0 radical (unpaired) electrons. The van der Waals surface area contributed by atoms with Crippen LogP contribution in [0.1, 0.15) is 31.2 Å². The lowest BCUT2D eigenvalue weighted by atomic mass is 10.0. The molecule has 0 bridgehead atoms. The van der Waals surface area contributed by atoms with Gasteiger partial charge < -0.3 is 4.74 Å². The number of aldehydes is 1. The average molecular weight is 258 g/mol. The van der Waals surface area contributed by atoms with Crippen molar-refractivity contribution in [2.75, 3.05) is 0 Å². The van der Waals surface area contributed by atoms with Crippen LogP contribution in [0.2, 0.25) is 0 Å². The summed E-state index contributed by atoms with van der Waals surface area (Å²) in [7, 11) is 0.